The number of benzene rings is 2. The summed E-state index contributed by atoms with van der Waals surface area (Å²) in [7, 11) is 0. The van der Waals surface area contributed by atoms with E-state index in [2.05, 4.69) is 25.5 Å². The summed E-state index contributed by atoms with van der Waals surface area (Å²) in [6.07, 6.45) is 3.31. The molecule has 35 heavy (non-hydrogen) atoms. The monoisotopic (exact) mass is 493 g/mol. The van der Waals surface area contributed by atoms with Gasteiger partial charge in [-0.2, -0.15) is 5.10 Å². The number of nitrogens with one attached hydrogen (secondary N) is 3. The Labute approximate surface area is 202 Å². The Bertz CT molecular complexity index is 1530. The molecule has 0 spiro atoms. The van der Waals surface area contributed by atoms with Gasteiger partial charge in [-0.1, -0.05) is 29.8 Å². The molecule has 0 fully saturated rings. The van der Waals surface area contributed by atoms with E-state index in [1.54, 1.807) is 30.6 Å². The largest absolute Gasteiger partial charge is 0.394 e. The van der Waals surface area contributed by atoms with E-state index in [9.17, 15) is 18.7 Å². The standard InChI is InChI=1S/C25H18ClF2N5O2/c26-19-8-14(3-6-20(19)28)22(12-34)31-25(35)21-9-16(11-29-21)23-18-7-15(10-30-24(18)33-32-23)13-1-4-17(27)5-2-13/h1-11,22,29,34H,12H2,(H,31,35)(H,30,32,33)/t22-/m1/s1. The Kier molecular flexibility index (Phi) is 6.02. The first kappa shape index (κ1) is 22.7. The van der Waals surface area contributed by atoms with E-state index in [1.165, 1.54) is 30.3 Å². The van der Waals surface area contributed by atoms with Crippen molar-refractivity contribution in [1.29, 1.82) is 0 Å². The molecule has 0 aliphatic carbocycles. The summed E-state index contributed by atoms with van der Waals surface area (Å²) < 4.78 is 26.8. The Hall–Kier alpha value is -4.08. The van der Waals surface area contributed by atoms with Crippen LogP contribution in [0.4, 0.5) is 8.78 Å². The fourth-order valence-electron chi connectivity index (χ4n) is 3.79. The van der Waals surface area contributed by atoms with Crippen LogP contribution in [-0.2, 0) is 0 Å². The maximum atomic E-state index is 13.5. The van der Waals surface area contributed by atoms with Crippen LogP contribution >= 0.6 is 11.6 Å². The van der Waals surface area contributed by atoms with Gasteiger partial charge < -0.3 is 15.4 Å². The molecule has 5 rings (SSSR count). The predicted octanol–water partition coefficient (Wildman–Crippen LogP) is 5.02. The van der Waals surface area contributed by atoms with E-state index in [0.29, 0.717) is 22.5 Å². The number of halogens is 3. The van der Waals surface area contributed by atoms with E-state index in [-0.39, 0.29) is 16.5 Å². The summed E-state index contributed by atoms with van der Waals surface area (Å²) in [5, 5.41) is 20.3. The number of aromatic amines is 2. The molecule has 3 aromatic heterocycles. The molecule has 7 nitrogen and oxygen atoms in total. The van der Waals surface area contributed by atoms with Crippen LogP contribution in [0.5, 0.6) is 0 Å². The summed E-state index contributed by atoms with van der Waals surface area (Å²) in [6.45, 7) is -0.400. The molecule has 0 saturated carbocycles. The van der Waals surface area contributed by atoms with E-state index in [4.69, 9.17) is 11.6 Å². The average molecular weight is 494 g/mol. The van der Waals surface area contributed by atoms with Crippen LogP contribution in [0.15, 0.2) is 67.0 Å². The SMILES string of the molecule is O=C(N[C@H](CO)c1ccc(F)c(Cl)c1)c1cc(-c2n[nH]c3ncc(-c4ccc(F)cc4)cc23)c[nH]1. The highest BCUT2D eigenvalue weighted by Gasteiger charge is 2.19. The van der Waals surface area contributed by atoms with Crippen LogP contribution in [0, 0.1) is 11.6 Å². The summed E-state index contributed by atoms with van der Waals surface area (Å²) in [5.74, 6) is -1.38. The lowest BCUT2D eigenvalue weighted by molar-refractivity contribution is 0.0911. The highest BCUT2D eigenvalue weighted by Crippen LogP contribution is 2.30. The van der Waals surface area contributed by atoms with Crippen LogP contribution < -0.4 is 5.32 Å². The molecule has 4 N–H and O–H groups in total. The van der Waals surface area contributed by atoms with Gasteiger partial charge in [-0.3, -0.25) is 9.89 Å². The molecule has 3 heterocycles. The molecular formula is C25H18ClF2N5O2. The number of carbonyl (C=O) groups excluding carboxylic acids is 1. The number of nitrogens with zero attached hydrogens (tertiary/aromatic N) is 2. The van der Waals surface area contributed by atoms with E-state index < -0.39 is 24.4 Å². The van der Waals surface area contributed by atoms with Crippen molar-refractivity contribution in [2.75, 3.05) is 6.61 Å². The van der Waals surface area contributed by atoms with Crippen molar-refractivity contribution >= 4 is 28.5 Å². The summed E-state index contributed by atoms with van der Waals surface area (Å²) in [6, 6.07) is 12.8. The molecule has 0 aliphatic heterocycles. The summed E-state index contributed by atoms with van der Waals surface area (Å²) in [5.41, 5.74) is 4.09. The zero-order chi connectivity index (χ0) is 24.5. The number of aliphatic hydroxyl groups is 1. The topological polar surface area (TPSA) is 107 Å². The van der Waals surface area contributed by atoms with E-state index >= 15 is 0 Å². The molecule has 1 amide bonds. The van der Waals surface area contributed by atoms with Crippen molar-refractivity contribution in [3.8, 4) is 22.4 Å². The maximum absolute atomic E-state index is 13.5. The molecule has 0 unspecified atom stereocenters. The van der Waals surface area contributed by atoms with Crippen LogP contribution in [0.2, 0.25) is 5.02 Å². The second-order valence-corrected chi connectivity index (χ2v) is 8.29. The first-order chi connectivity index (χ1) is 16.9. The number of pyridine rings is 1. The molecule has 0 radical (unpaired) electrons. The van der Waals surface area contributed by atoms with Gasteiger partial charge in [0.05, 0.1) is 17.7 Å². The van der Waals surface area contributed by atoms with E-state index in [0.717, 1.165) is 16.5 Å². The minimum absolute atomic E-state index is 0.101. The minimum Gasteiger partial charge on any atom is -0.394 e. The van der Waals surface area contributed by atoms with Crippen LogP contribution in [-0.4, -0.2) is 37.8 Å². The molecule has 1 atom stereocenters. The zero-order valence-corrected chi connectivity index (χ0v) is 18.8. The van der Waals surface area contributed by atoms with Crippen LogP contribution in [0.3, 0.4) is 0 Å². The quantitative estimate of drug-likeness (QED) is 0.266. The summed E-state index contributed by atoms with van der Waals surface area (Å²) >= 11 is 5.83. The number of hydrogen-bond acceptors (Lipinski definition) is 4. The lowest BCUT2D eigenvalue weighted by atomic mass is 10.0. The Morgan fingerprint density at radius 2 is 1.86 bits per heavy atom. The molecule has 2 aromatic carbocycles. The van der Waals surface area contributed by atoms with Gasteiger partial charge >= 0.3 is 0 Å². The van der Waals surface area contributed by atoms with Gasteiger partial charge in [-0.05, 0) is 47.5 Å². The number of amides is 1. The molecular weight excluding hydrogens is 476 g/mol. The number of fused-ring (bicyclic) bond motifs is 1. The Balaban J connectivity index is 1.41. The van der Waals surface area contributed by atoms with Crippen molar-refractivity contribution < 1.29 is 18.7 Å². The number of aromatic nitrogens is 4. The van der Waals surface area contributed by atoms with Gasteiger partial charge in [-0.25, -0.2) is 13.8 Å². The van der Waals surface area contributed by atoms with Crippen molar-refractivity contribution in [2.24, 2.45) is 0 Å². The fourth-order valence-corrected chi connectivity index (χ4v) is 3.97. The predicted molar refractivity (Wildman–Crippen MR) is 128 cm³/mol. The molecule has 0 aliphatic rings. The maximum Gasteiger partial charge on any atom is 0.268 e. The highest BCUT2D eigenvalue weighted by molar-refractivity contribution is 6.30. The van der Waals surface area contributed by atoms with E-state index in [1.807, 2.05) is 6.07 Å². The second-order valence-electron chi connectivity index (χ2n) is 7.88. The third-order valence-electron chi connectivity index (χ3n) is 5.63. The number of H-pyrrole nitrogens is 2. The second kappa shape index (κ2) is 9.28. The molecule has 176 valence electrons. The zero-order valence-electron chi connectivity index (χ0n) is 18.0. The fraction of sp³-hybridized carbons (Fsp3) is 0.0800. The number of carbonyl (C=O) groups is 1. The Morgan fingerprint density at radius 1 is 1.06 bits per heavy atom. The lowest BCUT2D eigenvalue weighted by Crippen LogP contribution is -2.31. The van der Waals surface area contributed by atoms with Gasteiger partial charge in [0.1, 0.15) is 23.0 Å². The first-order valence-electron chi connectivity index (χ1n) is 10.6. The molecule has 5 aromatic rings. The minimum atomic E-state index is -0.777. The Morgan fingerprint density at radius 3 is 2.60 bits per heavy atom. The normalized spacial score (nSPS) is 12.1. The highest BCUT2D eigenvalue weighted by atomic mass is 35.5. The van der Waals surface area contributed by atoms with Crippen LogP contribution in [0.25, 0.3) is 33.4 Å². The van der Waals surface area contributed by atoms with Gasteiger partial charge in [0.2, 0.25) is 0 Å². The number of rotatable bonds is 6. The number of aliphatic hydroxyl groups excluding tert-OH is 1. The molecule has 0 bridgehead atoms. The third kappa shape index (κ3) is 4.51. The first-order valence-corrected chi connectivity index (χ1v) is 11.0. The third-order valence-corrected chi connectivity index (χ3v) is 5.92. The molecule has 10 heteroatoms. The molecule has 0 saturated heterocycles. The number of hydrogen-bond donors (Lipinski definition) is 4. The van der Waals surface area contributed by atoms with Gasteiger partial charge in [0, 0.05) is 28.9 Å². The van der Waals surface area contributed by atoms with Crippen molar-refractivity contribution in [3.63, 3.8) is 0 Å². The van der Waals surface area contributed by atoms with Crippen LogP contribution in [0.1, 0.15) is 22.1 Å². The van der Waals surface area contributed by atoms with Crippen molar-refractivity contribution in [1.82, 2.24) is 25.5 Å². The average Bonchev–Trinajstić information content (AvgIpc) is 3.51. The van der Waals surface area contributed by atoms with Gasteiger partial charge in [0.25, 0.3) is 5.91 Å². The summed E-state index contributed by atoms with van der Waals surface area (Å²) in [4.78, 5) is 20.1. The van der Waals surface area contributed by atoms with Gasteiger partial charge in [-0.15, -0.1) is 0 Å². The van der Waals surface area contributed by atoms with Crippen molar-refractivity contribution in [3.05, 3.63) is 94.9 Å². The smallest absolute Gasteiger partial charge is 0.268 e. The lowest BCUT2D eigenvalue weighted by Gasteiger charge is -2.16. The van der Waals surface area contributed by atoms with Gasteiger partial charge in [0.15, 0.2) is 5.65 Å². The van der Waals surface area contributed by atoms with Crippen molar-refractivity contribution in [2.45, 2.75) is 6.04 Å².